The molecular weight excluding hydrogens is 396 g/mol. The van der Waals surface area contributed by atoms with E-state index in [1.165, 1.54) is 0 Å². The maximum absolute atomic E-state index is 13.1. The van der Waals surface area contributed by atoms with Gasteiger partial charge in [0.1, 0.15) is 5.75 Å². The topological polar surface area (TPSA) is 87.6 Å². The number of hydrogen-bond donors (Lipinski definition) is 2. The normalized spacial score (nSPS) is 24.3. The number of carbonyl (C=O) groups excluding carboxylic acids is 2. The van der Waals surface area contributed by atoms with Crippen molar-refractivity contribution < 1.29 is 19.8 Å². The van der Waals surface area contributed by atoms with Gasteiger partial charge >= 0.3 is 0 Å². The molecule has 172 valence electrons. The highest BCUT2D eigenvalue weighted by atomic mass is 16.3. The average molecular weight is 433 g/mol. The fourth-order valence-corrected chi connectivity index (χ4v) is 4.96. The molecule has 0 radical (unpaired) electrons. The van der Waals surface area contributed by atoms with Gasteiger partial charge in [0.05, 0.1) is 17.7 Å². The fourth-order valence-electron chi connectivity index (χ4n) is 4.96. The van der Waals surface area contributed by atoms with Gasteiger partial charge in [0.15, 0.2) is 0 Å². The van der Waals surface area contributed by atoms with Crippen LogP contribution in [0.1, 0.15) is 44.0 Å². The molecule has 3 atom stereocenters. The van der Waals surface area contributed by atoms with Crippen molar-refractivity contribution in [3.05, 3.63) is 23.8 Å². The molecule has 31 heavy (non-hydrogen) atoms. The molecule has 1 aromatic carbocycles. The van der Waals surface area contributed by atoms with Crippen molar-refractivity contribution in [1.29, 1.82) is 0 Å². The largest absolute Gasteiger partial charge is 0.507 e. The van der Waals surface area contributed by atoms with E-state index >= 15 is 0 Å². The van der Waals surface area contributed by atoms with E-state index in [1.54, 1.807) is 31.0 Å². The molecule has 1 aliphatic heterocycles. The maximum Gasteiger partial charge on any atom is 0.257 e. The van der Waals surface area contributed by atoms with E-state index in [0.29, 0.717) is 19.5 Å². The van der Waals surface area contributed by atoms with Gasteiger partial charge in [0.2, 0.25) is 5.91 Å². The van der Waals surface area contributed by atoms with Crippen LogP contribution in [0.3, 0.4) is 0 Å². The quantitative estimate of drug-likeness (QED) is 0.706. The zero-order chi connectivity index (χ0) is 22.7. The number of nitrogens with zero attached hydrogens (tertiary/aromatic N) is 4. The molecule has 0 bridgehead atoms. The van der Waals surface area contributed by atoms with Crippen LogP contribution in [0.15, 0.2) is 18.2 Å². The molecule has 2 N–H and O–H groups in total. The number of likely N-dealkylation sites (N-methyl/N-ethyl adjacent to an activating group) is 1. The first-order valence-corrected chi connectivity index (χ1v) is 11.3. The number of aromatic hydroxyl groups is 1. The zero-order valence-corrected chi connectivity index (χ0v) is 19.1. The minimum Gasteiger partial charge on any atom is -0.507 e. The third-order valence-electron chi connectivity index (χ3n) is 6.93. The van der Waals surface area contributed by atoms with Crippen LogP contribution in [0.25, 0.3) is 0 Å². The molecule has 1 aromatic rings. The van der Waals surface area contributed by atoms with Crippen LogP contribution >= 0.6 is 0 Å². The summed E-state index contributed by atoms with van der Waals surface area (Å²) in [5.74, 6) is -0.234. The van der Waals surface area contributed by atoms with Gasteiger partial charge in [-0.3, -0.25) is 14.5 Å². The van der Waals surface area contributed by atoms with E-state index < -0.39 is 6.10 Å². The van der Waals surface area contributed by atoms with E-state index in [-0.39, 0.29) is 35.2 Å². The van der Waals surface area contributed by atoms with E-state index in [1.807, 2.05) is 24.8 Å². The number of carbonyl (C=O) groups is 2. The van der Waals surface area contributed by atoms with Crippen LogP contribution in [-0.4, -0.2) is 101 Å². The highest BCUT2D eigenvalue weighted by Gasteiger charge is 2.42. The van der Waals surface area contributed by atoms with Crippen molar-refractivity contribution in [3.8, 4) is 5.75 Å². The minimum absolute atomic E-state index is 0.0204. The summed E-state index contributed by atoms with van der Waals surface area (Å²) < 4.78 is 0. The SMILES string of the molecule is CCN(CC)c1ccc(C(=O)N(C)[C@@H]2CC[C@@H](N3CCN(C(C)=O)CC3)[C@@H]2O)c(O)c1. The number of phenolic OH excluding ortho intramolecular Hbond substituents is 1. The average Bonchev–Trinajstić information content (AvgIpc) is 3.15. The maximum atomic E-state index is 13.1. The molecule has 1 heterocycles. The molecule has 0 unspecified atom stereocenters. The number of benzene rings is 1. The van der Waals surface area contributed by atoms with Crippen molar-refractivity contribution in [3.63, 3.8) is 0 Å². The highest BCUT2D eigenvalue weighted by Crippen LogP contribution is 2.31. The van der Waals surface area contributed by atoms with E-state index in [4.69, 9.17) is 0 Å². The minimum atomic E-state index is -0.657. The first kappa shape index (κ1) is 23.3. The molecular formula is C23H36N4O4. The summed E-state index contributed by atoms with van der Waals surface area (Å²) in [7, 11) is 1.70. The second-order valence-corrected chi connectivity index (χ2v) is 8.53. The van der Waals surface area contributed by atoms with E-state index in [9.17, 15) is 19.8 Å². The third kappa shape index (κ3) is 4.80. The molecule has 0 aromatic heterocycles. The summed E-state index contributed by atoms with van der Waals surface area (Å²) in [6, 6.07) is 4.84. The lowest BCUT2D eigenvalue weighted by Crippen LogP contribution is -2.55. The molecule has 2 aliphatic rings. The second-order valence-electron chi connectivity index (χ2n) is 8.53. The molecule has 1 aliphatic carbocycles. The Bertz CT molecular complexity index is 790. The smallest absolute Gasteiger partial charge is 0.257 e. The Morgan fingerprint density at radius 3 is 2.29 bits per heavy atom. The van der Waals surface area contributed by atoms with Crippen molar-refractivity contribution in [2.24, 2.45) is 0 Å². The van der Waals surface area contributed by atoms with Crippen LogP contribution in [0.2, 0.25) is 0 Å². The van der Waals surface area contributed by atoms with E-state index in [0.717, 1.165) is 38.3 Å². The van der Waals surface area contributed by atoms with Gasteiger partial charge < -0.3 is 24.9 Å². The predicted molar refractivity (Wildman–Crippen MR) is 120 cm³/mol. The number of rotatable bonds is 6. The van der Waals surface area contributed by atoms with E-state index in [2.05, 4.69) is 9.80 Å². The van der Waals surface area contributed by atoms with Crippen LogP contribution in [0, 0.1) is 0 Å². The summed E-state index contributed by atoms with van der Waals surface area (Å²) >= 11 is 0. The Kier molecular flexibility index (Phi) is 7.43. The fraction of sp³-hybridized carbons (Fsp3) is 0.652. The number of aliphatic hydroxyl groups is 1. The van der Waals surface area contributed by atoms with Crippen molar-refractivity contribution >= 4 is 17.5 Å². The van der Waals surface area contributed by atoms with Gasteiger partial charge in [-0.1, -0.05) is 0 Å². The second kappa shape index (κ2) is 9.87. The number of phenols is 1. The monoisotopic (exact) mass is 432 g/mol. The summed E-state index contributed by atoms with van der Waals surface area (Å²) in [6.07, 6.45) is 0.852. The van der Waals surface area contributed by atoms with Crippen LogP contribution in [-0.2, 0) is 4.79 Å². The van der Waals surface area contributed by atoms with Gasteiger partial charge in [-0.15, -0.1) is 0 Å². The Morgan fingerprint density at radius 2 is 1.74 bits per heavy atom. The number of anilines is 1. The van der Waals surface area contributed by atoms with Crippen molar-refractivity contribution in [2.45, 2.75) is 51.8 Å². The number of hydrogen-bond acceptors (Lipinski definition) is 6. The number of aliphatic hydroxyl groups excluding tert-OH is 1. The summed E-state index contributed by atoms with van der Waals surface area (Å²) in [5, 5.41) is 21.5. The Hall–Kier alpha value is -2.32. The van der Waals surface area contributed by atoms with Crippen molar-refractivity contribution in [1.82, 2.24) is 14.7 Å². The molecule has 2 amide bonds. The molecule has 0 spiro atoms. The van der Waals surface area contributed by atoms with Gasteiger partial charge in [0, 0.05) is 71.0 Å². The van der Waals surface area contributed by atoms with Gasteiger partial charge in [-0.2, -0.15) is 0 Å². The molecule has 8 nitrogen and oxygen atoms in total. The molecule has 3 rings (SSSR count). The van der Waals surface area contributed by atoms with Crippen LogP contribution in [0.4, 0.5) is 5.69 Å². The Morgan fingerprint density at radius 1 is 1.10 bits per heavy atom. The van der Waals surface area contributed by atoms with Crippen molar-refractivity contribution in [2.75, 3.05) is 51.2 Å². The molecule has 1 saturated heterocycles. The van der Waals surface area contributed by atoms with Crippen LogP contribution in [0.5, 0.6) is 5.75 Å². The molecule has 1 saturated carbocycles. The molecule has 2 fully saturated rings. The lowest BCUT2D eigenvalue weighted by Gasteiger charge is -2.39. The Balaban J connectivity index is 1.66. The Labute approximate surface area is 185 Å². The summed E-state index contributed by atoms with van der Waals surface area (Å²) in [6.45, 7) is 10.1. The predicted octanol–water partition coefficient (Wildman–Crippen LogP) is 1.37. The summed E-state index contributed by atoms with van der Waals surface area (Å²) in [4.78, 5) is 32.4. The lowest BCUT2D eigenvalue weighted by atomic mass is 10.1. The zero-order valence-electron chi connectivity index (χ0n) is 19.1. The number of piperazine rings is 1. The first-order chi connectivity index (χ1) is 14.8. The van der Waals surface area contributed by atoms with Gasteiger partial charge in [-0.25, -0.2) is 0 Å². The molecule has 8 heteroatoms. The first-order valence-electron chi connectivity index (χ1n) is 11.3. The number of amides is 2. The van der Waals surface area contributed by atoms with Gasteiger partial charge in [-0.05, 0) is 38.8 Å². The lowest BCUT2D eigenvalue weighted by molar-refractivity contribution is -0.131. The van der Waals surface area contributed by atoms with Gasteiger partial charge in [0.25, 0.3) is 5.91 Å². The summed E-state index contributed by atoms with van der Waals surface area (Å²) in [5.41, 5.74) is 1.14. The third-order valence-corrected chi connectivity index (χ3v) is 6.93. The standard InChI is InChI=1S/C23H36N4O4/c1-5-25(6-2)17-7-8-18(21(29)15-17)23(31)24(4)19-9-10-20(22(19)30)27-13-11-26(12-14-27)16(3)28/h7-8,15,19-20,22,29-30H,5-6,9-14H2,1-4H3/t19-,20-,22-/m1/s1. The highest BCUT2D eigenvalue weighted by molar-refractivity contribution is 5.97. The van der Waals surface area contributed by atoms with Crippen LogP contribution < -0.4 is 4.90 Å².